The van der Waals surface area contributed by atoms with Gasteiger partial charge in [-0.15, -0.1) is 0 Å². The zero-order chi connectivity index (χ0) is 12.8. The highest BCUT2D eigenvalue weighted by atomic mass is 16.5. The average Bonchev–Trinajstić information content (AvgIpc) is 2.33. The Bertz CT molecular complexity index is 349. The Morgan fingerprint density at radius 1 is 1.33 bits per heavy atom. The van der Waals surface area contributed by atoms with Gasteiger partial charge in [-0.2, -0.15) is 0 Å². The number of hydrogen-bond donors (Lipinski definition) is 1. The van der Waals surface area contributed by atoms with Gasteiger partial charge in [-0.3, -0.25) is 0 Å². The third-order valence-corrected chi connectivity index (χ3v) is 5.38. The van der Waals surface area contributed by atoms with Gasteiger partial charge in [-0.05, 0) is 56.3 Å². The highest BCUT2D eigenvalue weighted by Gasteiger charge is 2.58. The summed E-state index contributed by atoms with van der Waals surface area (Å²) in [5.41, 5.74) is 0.0577. The monoisotopic (exact) mass is 250 g/mol. The lowest BCUT2D eigenvalue weighted by Gasteiger charge is -2.60. The van der Waals surface area contributed by atoms with Crippen molar-refractivity contribution in [3.05, 3.63) is 12.7 Å². The predicted octanol–water partition coefficient (Wildman–Crippen LogP) is 2.29. The number of ether oxygens (including phenoxy) is 1. The quantitative estimate of drug-likeness (QED) is 0.615. The molecule has 3 unspecified atom stereocenters. The molecule has 0 aromatic carbocycles. The fourth-order valence-corrected chi connectivity index (χ4v) is 5.13. The third kappa shape index (κ3) is 1.80. The van der Waals surface area contributed by atoms with Crippen LogP contribution < -0.4 is 0 Å². The van der Waals surface area contributed by atoms with Crippen LogP contribution >= 0.6 is 0 Å². The maximum Gasteiger partial charge on any atom is 0.330 e. The fraction of sp³-hybridized carbons (Fsp3) is 0.800. The lowest BCUT2D eigenvalue weighted by molar-refractivity contribution is -0.193. The van der Waals surface area contributed by atoms with Crippen LogP contribution in [0, 0.1) is 23.2 Å². The molecule has 4 aliphatic rings. The minimum absolute atomic E-state index is 0.0166. The SMILES string of the molecule is C=CC(=O)OC1C2CC3CC(C2)CC1(CCO)C3. The molecule has 18 heavy (non-hydrogen) atoms. The van der Waals surface area contributed by atoms with Gasteiger partial charge in [-0.1, -0.05) is 6.58 Å². The molecule has 4 fully saturated rings. The molecule has 4 saturated carbocycles. The van der Waals surface area contributed by atoms with Crippen molar-refractivity contribution in [2.45, 2.75) is 44.6 Å². The fourth-order valence-electron chi connectivity index (χ4n) is 5.13. The molecule has 0 aromatic rings. The van der Waals surface area contributed by atoms with E-state index in [0.29, 0.717) is 5.92 Å². The van der Waals surface area contributed by atoms with E-state index in [4.69, 9.17) is 4.74 Å². The van der Waals surface area contributed by atoms with Crippen molar-refractivity contribution in [2.24, 2.45) is 23.2 Å². The summed E-state index contributed by atoms with van der Waals surface area (Å²) in [6, 6.07) is 0. The van der Waals surface area contributed by atoms with Gasteiger partial charge < -0.3 is 9.84 Å². The van der Waals surface area contributed by atoms with Crippen molar-refractivity contribution in [3.8, 4) is 0 Å². The number of aliphatic hydroxyl groups is 1. The van der Waals surface area contributed by atoms with Crippen molar-refractivity contribution in [1.82, 2.24) is 0 Å². The Labute approximate surface area is 108 Å². The van der Waals surface area contributed by atoms with Crippen molar-refractivity contribution >= 4 is 5.97 Å². The highest BCUT2D eigenvalue weighted by Crippen LogP contribution is 2.62. The molecule has 3 nitrogen and oxygen atoms in total. The number of rotatable bonds is 4. The maximum atomic E-state index is 11.5. The van der Waals surface area contributed by atoms with Gasteiger partial charge in [0.15, 0.2) is 0 Å². The van der Waals surface area contributed by atoms with Crippen LogP contribution in [0.4, 0.5) is 0 Å². The van der Waals surface area contributed by atoms with Gasteiger partial charge in [0.25, 0.3) is 0 Å². The largest absolute Gasteiger partial charge is 0.458 e. The van der Waals surface area contributed by atoms with Gasteiger partial charge in [0, 0.05) is 18.1 Å². The molecule has 100 valence electrons. The number of carbonyl (C=O) groups is 1. The van der Waals surface area contributed by atoms with Crippen LogP contribution in [-0.2, 0) is 9.53 Å². The average molecular weight is 250 g/mol. The number of hydrogen-bond acceptors (Lipinski definition) is 3. The smallest absolute Gasteiger partial charge is 0.330 e. The van der Waals surface area contributed by atoms with Crippen LogP contribution in [0.3, 0.4) is 0 Å². The summed E-state index contributed by atoms with van der Waals surface area (Å²) in [6.45, 7) is 3.69. The lowest BCUT2D eigenvalue weighted by atomic mass is 9.47. The predicted molar refractivity (Wildman–Crippen MR) is 67.8 cm³/mol. The van der Waals surface area contributed by atoms with Crippen LogP contribution in [-0.4, -0.2) is 23.8 Å². The summed E-state index contributed by atoms with van der Waals surface area (Å²) in [6.07, 6.45) is 8.10. The molecular formula is C15H22O3. The first-order valence-corrected chi connectivity index (χ1v) is 7.11. The second kappa shape index (κ2) is 4.37. The number of aliphatic hydroxyl groups excluding tert-OH is 1. The molecule has 0 aromatic heterocycles. The van der Waals surface area contributed by atoms with E-state index in [2.05, 4.69) is 6.58 Å². The Hall–Kier alpha value is -0.830. The summed E-state index contributed by atoms with van der Waals surface area (Å²) in [5, 5.41) is 9.37. The molecule has 3 heteroatoms. The molecule has 4 aliphatic carbocycles. The van der Waals surface area contributed by atoms with E-state index in [0.717, 1.165) is 31.1 Å². The van der Waals surface area contributed by atoms with Crippen molar-refractivity contribution < 1.29 is 14.6 Å². The van der Waals surface area contributed by atoms with Crippen LogP contribution in [0.5, 0.6) is 0 Å². The van der Waals surface area contributed by atoms with Crippen LogP contribution in [0.1, 0.15) is 38.5 Å². The first-order valence-electron chi connectivity index (χ1n) is 7.11. The second-order valence-corrected chi connectivity index (χ2v) is 6.51. The standard InChI is InChI=1S/C15H22O3/c1-2-13(17)18-14-12-6-10-5-11(7-12)9-15(14,8-10)3-4-16/h2,10-12,14,16H,1,3-9H2. The molecule has 0 radical (unpaired) electrons. The van der Waals surface area contributed by atoms with Gasteiger partial charge in [0.05, 0.1) is 0 Å². The molecule has 0 saturated heterocycles. The first-order chi connectivity index (χ1) is 8.66. The van der Waals surface area contributed by atoms with Crippen LogP contribution in [0.15, 0.2) is 12.7 Å². The van der Waals surface area contributed by atoms with Gasteiger partial charge in [-0.25, -0.2) is 4.79 Å². The zero-order valence-corrected chi connectivity index (χ0v) is 10.8. The third-order valence-electron chi connectivity index (χ3n) is 5.38. The molecule has 0 spiro atoms. The van der Waals surface area contributed by atoms with Crippen molar-refractivity contribution in [1.29, 1.82) is 0 Å². The van der Waals surface area contributed by atoms with Gasteiger partial charge in [0.1, 0.15) is 6.10 Å². The molecule has 0 aliphatic heterocycles. The lowest BCUT2D eigenvalue weighted by Crippen LogP contribution is -2.57. The molecule has 4 rings (SSSR count). The minimum Gasteiger partial charge on any atom is -0.458 e. The van der Waals surface area contributed by atoms with E-state index < -0.39 is 0 Å². The molecular weight excluding hydrogens is 228 g/mol. The Morgan fingerprint density at radius 2 is 2.00 bits per heavy atom. The Morgan fingerprint density at radius 3 is 2.56 bits per heavy atom. The van der Waals surface area contributed by atoms with Crippen molar-refractivity contribution in [3.63, 3.8) is 0 Å². The summed E-state index contributed by atoms with van der Waals surface area (Å²) >= 11 is 0. The second-order valence-electron chi connectivity index (χ2n) is 6.51. The molecule has 0 heterocycles. The van der Waals surface area contributed by atoms with E-state index in [9.17, 15) is 9.90 Å². The first kappa shape index (κ1) is 12.2. The van der Waals surface area contributed by atoms with Crippen LogP contribution in [0.2, 0.25) is 0 Å². The van der Waals surface area contributed by atoms with Gasteiger partial charge >= 0.3 is 5.97 Å². The van der Waals surface area contributed by atoms with Gasteiger partial charge in [0.2, 0.25) is 0 Å². The number of esters is 1. The Kier molecular flexibility index (Phi) is 2.97. The van der Waals surface area contributed by atoms with E-state index in [1.165, 1.54) is 25.3 Å². The van der Waals surface area contributed by atoms with E-state index in [-0.39, 0.29) is 24.1 Å². The Balaban J connectivity index is 1.85. The summed E-state index contributed by atoms with van der Waals surface area (Å²) in [5.74, 6) is 1.82. The van der Waals surface area contributed by atoms with E-state index in [1.54, 1.807) is 0 Å². The van der Waals surface area contributed by atoms with E-state index >= 15 is 0 Å². The minimum atomic E-state index is -0.301. The van der Waals surface area contributed by atoms with E-state index in [1.807, 2.05) is 0 Å². The van der Waals surface area contributed by atoms with Crippen molar-refractivity contribution in [2.75, 3.05) is 6.61 Å². The maximum absolute atomic E-state index is 11.5. The molecule has 4 bridgehead atoms. The summed E-state index contributed by atoms with van der Waals surface area (Å²) in [7, 11) is 0. The molecule has 3 atom stereocenters. The highest BCUT2D eigenvalue weighted by molar-refractivity contribution is 5.81. The van der Waals surface area contributed by atoms with Crippen LogP contribution in [0.25, 0.3) is 0 Å². The normalized spacial score (nSPS) is 44.9. The topological polar surface area (TPSA) is 46.5 Å². The zero-order valence-electron chi connectivity index (χ0n) is 10.8. The summed E-state index contributed by atoms with van der Waals surface area (Å²) < 4.78 is 5.66. The molecule has 1 N–H and O–H groups in total. The summed E-state index contributed by atoms with van der Waals surface area (Å²) in [4.78, 5) is 11.5. The number of carbonyl (C=O) groups excluding carboxylic acids is 1. The molecule has 0 amide bonds.